The summed E-state index contributed by atoms with van der Waals surface area (Å²) in [6.07, 6.45) is -0.0518. The summed E-state index contributed by atoms with van der Waals surface area (Å²) < 4.78 is 24.0. The molecule has 6 nitrogen and oxygen atoms in total. The van der Waals surface area contributed by atoms with E-state index in [9.17, 15) is 18.0 Å². The number of anilines is 1. The molecule has 0 aromatic heterocycles. The largest absolute Gasteiger partial charge is 0.481 e. The molecule has 108 valence electrons. The molecule has 2 rings (SSSR count). The lowest BCUT2D eigenvalue weighted by atomic mass is 10.3. The number of fused-ring (bicyclic) bond motifs is 1. The van der Waals surface area contributed by atoms with Crippen LogP contribution in [0.15, 0.2) is 28.0 Å². The highest BCUT2D eigenvalue weighted by atomic mass is 32.2. The van der Waals surface area contributed by atoms with Gasteiger partial charge in [0.05, 0.1) is 22.8 Å². The molecular weight excluding hydrogens is 302 g/mol. The first kappa shape index (κ1) is 14.9. The zero-order chi connectivity index (χ0) is 14.8. The van der Waals surface area contributed by atoms with Crippen molar-refractivity contribution >= 4 is 39.2 Å². The van der Waals surface area contributed by atoms with Gasteiger partial charge in [-0.1, -0.05) is 0 Å². The molecule has 1 aromatic carbocycles. The first-order valence-electron chi connectivity index (χ1n) is 5.90. The van der Waals surface area contributed by atoms with E-state index in [-0.39, 0.29) is 10.8 Å². The number of thioether (sulfide) groups is 1. The third kappa shape index (κ3) is 3.51. The molecule has 0 saturated carbocycles. The minimum atomic E-state index is -3.62. The smallest absolute Gasteiger partial charge is 0.304 e. The second-order valence-corrected chi connectivity index (χ2v) is 7.51. The molecule has 0 radical (unpaired) electrons. The Kier molecular flexibility index (Phi) is 4.34. The Labute approximate surface area is 120 Å². The zero-order valence-electron chi connectivity index (χ0n) is 10.5. The van der Waals surface area contributed by atoms with E-state index >= 15 is 0 Å². The summed E-state index contributed by atoms with van der Waals surface area (Å²) in [7, 11) is -3.62. The predicted octanol–water partition coefficient (Wildman–Crippen LogP) is 1.37. The van der Waals surface area contributed by atoms with Gasteiger partial charge < -0.3 is 10.4 Å². The van der Waals surface area contributed by atoms with Gasteiger partial charge in [-0.15, -0.1) is 11.8 Å². The Morgan fingerprint density at radius 2 is 2.15 bits per heavy atom. The minimum Gasteiger partial charge on any atom is -0.481 e. The van der Waals surface area contributed by atoms with Crippen molar-refractivity contribution < 1.29 is 23.1 Å². The summed E-state index contributed by atoms with van der Waals surface area (Å²) in [6, 6.07) is 4.42. The van der Waals surface area contributed by atoms with Crippen molar-refractivity contribution in [2.24, 2.45) is 0 Å². The number of rotatable bonds is 4. The molecule has 1 aliphatic rings. The van der Waals surface area contributed by atoms with Crippen LogP contribution in [0.25, 0.3) is 0 Å². The van der Waals surface area contributed by atoms with Gasteiger partial charge in [0.15, 0.2) is 9.84 Å². The lowest BCUT2D eigenvalue weighted by Crippen LogP contribution is -2.12. The normalized spacial score (nSPS) is 15.1. The van der Waals surface area contributed by atoms with Gasteiger partial charge in [0.25, 0.3) is 0 Å². The number of carbonyl (C=O) groups excluding carboxylic acids is 1. The van der Waals surface area contributed by atoms with Crippen molar-refractivity contribution in [2.75, 3.05) is 16.8 Å². The van der Waals surface area contributed by atoms with Crippen molar-refractivity contribution in [2.45, 2.75) is 22.6 Å². The monoisotopic (exact) mass is 315 g/mol. The molecule has 0 atom stereocenters. The van der Waals surface area contributed by atoms with Gasteiger partial charge in [-0.2, -0.15) is 0 Å². The van der Waals surface area contributed by atoms with Crippen LogP contribution in [0.5, 0.6) is 0 Å². The minimum absolute atomic E-state index is 0.0844. The van der Waals surface area contributed by atoms with Crippen LogP contribution in [0, 0.1) is 0 Å². The van der Waals surface area contributed by atoms with Gasteiger partial charge in [-0.25, -0.2) is 8.42 Å². The Balaban J connectivity index is 2.29. The SMILES string of the molecule is O=C(O)CCS(=O)(=O)c1ccc2c(c1)SCCC(=O)N2. The number of aliphatic carboxylic acids is 1. The molecule has 20 heavy (non-hydrogen) atoms. The Morgan fingerprint density at radius 3 is 2.85 bits per heavy atom. The van der Waals surface area contributed by atoms with E-state index in [1.807, 2.05) is 0 Å². The maximum atomic E-state index is 12.0. The molecule has 1 heterocycles. The molecule has 8 heteroatoms. The van der Waals surface area contributed by atoms with Gasteiger partial charge in [-0.3, -0.25) is 9.59 Å². The highest BCUT2D eigenvalue weighted by Crippen LogP contribution is 2.33. The third-order valence-electron chi connectivity index (χ3n) is 2.76. The van der Waals surface area contributed by atoms with Gasteiger partial charge in [0, 0.05) is 17.1 Å². The number of amides is 1. The quantitative estimate of drug-likeness (QED) is 0.870. The first-order chi connectivity index (χ1) is 9.38. The summed E-state index contributed by atoms with van der Waals surface area (Å²) >= 11 is 1.40. The fourth-order valence-corrected chi connectivity index (χ4v) is 4.04. The average molecular weight is 315 g/mol. The van der Waals surface area contributed by atoms with E-state index in [1.165, 1.54) is 23.9 Å². The van der Waals surface area contributed by atoms with Crippen LogP contribution in [0.1, 0.15) is 12.8 Å². The second kappa shape index (κ2) is 5.84. The number of hydrogen-bond donors (Lipinski definition) is 2. The summed E-state index contributed by atoms with van der Waals surface area (Å²) in [4.78, 5) is 22.6. The molecule has 0 spiro atoms. The van der Waals surface area contributed by atoms with Crippen molar-refractivity contribution in [3.8, 4) is 0 Å². The number of carboxylic acids is 1. The van der Waals surface area contributed by atoms with E-state index < -0.39 is 28.0 Å². The van der Waals surface area contributed by atoms with Crippen LogP contribution in [-0.2, 0) is 19.4 Å². The van der Waals surface area contributed by atoms with Crippen molar-refractivity contribution in [3.63, 3.8) is 0 Å². The van der Waals surface area contributed by atoms with E-state index in [4.69, 9.17) is 5.11 Å². The fraction of sp³-hybridized carbons (Fsp3) is 0.333. The van der Waals surface area contributed by atoms with E-state index in [0.717, 1.165) is 0 Å². The van der Waals surface area contributed by atoms with Crippen molar-refractivity contribution in [1.29, 1.82) is 0 Å². The molecule has 1 aliphatic heterocycles. The first-order valence-corrected chi connectivity index (χ1v) is 8.53. The number of carbonyl (C=O) groups is 2. The van der Waals surface area contributed by atoms with Crippen LogP contribution >= 0.6 is 11.8 Å². The molecule has 0 fully saturated rings. The van der Waals surface area contributed by atoms with Gasteiger partial charge in [0.2, 0.25) is 5.91 Å². The van der Waals surface area contributed by atoms with E-state index in [2.05, 4.69) is 5.32 Å². The number of carboxylic acid groups (broad SMARTS) is 1. The van der Waals surface area contributed by atoms with E-state index in [0.29, 0.717) is 22.8 Å². The summed E-state index contributed by atoms with van der Waals surface area (Å²) in [5.41, 5.74) is 0.592. The number of nitrogens with one attached hydrogen (secondary N) is 1. The van der Waals surface area contributed by atoms with Gasteiger partial charge >= 0.3 is 5.97 Å². The molecule has 0 unspecified atom stereocenters. The average Bonchev–Trinajstić information content (AvgIpc) is 2.56. The lowest BCUT2D eigenvalue weighted by molar-refractivity contribution is -0.136. The van der Waals surface area contributed by atoms with Crippen molar-refractivity contribution in [1.82, 2.24) is 0 Å². The van der Waals surface area contributed by atoms with Crippen molar-refractivity contribution in [3.05, 3.63) is 18.2 Å². The summed E-state index contributed by atoms with van der Waals surface area (Å²) in [5, 5.41) is 11.3. The molecule has 1 amide bonds. The Bertz CT molecular complexity index is 654. The maximum absolute atomic E-state index is 12.0. The van der Waals surface area contributed by atoms with Crippen LogP contribution < -0.4 is 5.32 Å². The topological polar surface area (TPSA) is 101 Å². The van der Waals surface area contributed by atoms with Crippen LogP contribution in [0.3, 0.4) is 0 Å². The molecular formula is C12H13NO5S2. The number of sulfone groups is 1. The Hall–Kier alpha value is -1.54. The molecule has 2 N–H and O–H groups in total. The second-order valence-electron chi connectivity index (χ2n) is 4.27. The fourth-order valence-electron chi connectivity index (χ4n) is 1.72. The van der Waals surface area contributed by atoms with Crippen LogP contribution in [0.4, 0.5) is 5.69 Å². The Morgan fingerprint density at radius 1 is 1.40 bits per heavy atom. The molecule has 0 bridgehead atoms. The van der Waals surface area contributed by atoms with Crippen LogP contribution in [0.2, 0.25) is 0 Å². The van der Waals surface area contributed by atoms with Gasteiger partial charge in [-0.05, 0) is 18.2 Å². The zero-order valence-corrected chi connectivity index (χ0v) is 12.1. The maximum Gasteiger partial charge on any atom is 0.304 e. The number of hydrogen-bond acceptors (Lipinski definition) is 5. The highest BCUT2D eigenvalue weighted by Gasteiger charge is 2.20. The van der Waals surface area contributed by atoms with Crippen LogP contribution in [-0.4, -0.2) is 36.9 Å². The molecule has 1 aromatic rings. The highest BCUT2D eigenvalue weighted by molar-refractivity contribution is 7.99. The summed E-state index contributed by atoms with van der Waals surface area (Å²) in [5.74, 6) is -1.10. The molecule has 0 aliphatic carbocycles. The van der Waals surface area contributed by atoms with E-state index in [1.54, 1.807) is 6.07 Å². The predicted molar refractivity (Wildman–Crippen MR) is 74.7 cm³/mol. The lowest BCUT2D eigenvalue weighted by Gasteiger charge is -2.09. The molecule has 0 saturated heterocycles. The summed E-state index contributed by atoms with van der Waals surface area (Å²) in [6.45, 7) is 0. The standard InChI is InChI=1S/C12H13NO5S2/c14-11-3-5-19-10-7-8(1-2-9(10)13-11)20(17,18)6-4-12(15)16/h1-2,7H,3-6H2,(H,13,14)(H,15,16). The third-order valence-corrected chi connectivity index (χ3v) is 5.53. The van der Waals surface area contributed by atoms with Gasteiger partial charge in [0.1, 0.15) is 0 Å². The number of benzene rings is 1.